The lowest BCUT2D eigenvalue weighted by atomic mass is 10.0. The van der Waals surface area contributed by atoms with Crippen LogP contribution in [0.1, 0.15) is 33.6 Å². The third-order valence-electron chi connectivity index (χ3n) is 2.79. The number of carbonyl (C=O) groups is 1. The Balaban J connectivity index is 2.20. The predicted molar refractivity (Wildman–Crippen MR) is 79.0 cm³/mol. The molecule has 1 aromatic carbocycles. The average Bonchev–Trinajstić information content (AvgIpc) is 2.86. The van der Waals surface area contributed by atoms with E-state index in [1.807, 2.05) is 19.1 Å². The summed E-state index contributed by atoms with van der Waals surface area (Å²) in [5, 5.41) is 11.3. The molecular weight excluding hydrogens is 268 g/mol. The summed E-state index contributed by atoms with van der Waals surface area (Å²) < 4.78 is 5.11. The molecule has 0 atom stereocenters. The number of hydrogen-bond acceptors (Lipinski definition) is 4. The van der Waals surface area contributed by atoms with E-state index in [0.717, 1.165) is 11.1 Å². The molecule has 0 aliphatic heterocycles. The maximum absolute atomic E-state index is 12.2. The molecule has 0 bridgehead atoms. The molecule has 0 spiro atoms. The van der Waals surface area contributed by atoms with Crippen molar-refractivity contribution < 1.29 is 14.3 Å². The fraction of sp³-hybridized carbons (Fsp3) is 0.250. The van der Waals surface area contributed by atoms with E-state index in [4.69, 9.17) is 9.52 Å². The summed E-state index contributed by atoms with van der Waals surface area (Å²) >= 11 is 0. The van der Waals surface area contributed by atoms with E-state index in [0.29, 0.717) is 17.7 Å². The largest absolute Gasteiger partial charge is 0.432 e. The average molecular weight is 284 g/mol. The van der Waals surface area contributed by atoms with Gasteiger partial charge in [0.2, 0.25) is 0 Å². The summed E-state index contributed by atoms with van der Waals surface area (Å²) in [6.45, 7) is 3.65. The SMILES string of the molecule is Cc1coc(NC(=O)c2cc(C#CCCO)ccc2C)n1. The number of aromatic nitrogens is 1. The first-order chi connectivity index (χ1) is 10.1. The van der Waals surface area contributed by atoms with Gasteiger partial charge >= 0.3 is 6.01 Å². The van der Waals surface area contributed by atoms with Crippen molar-refractivity contribution >= 4 is 11.9 Å². The van der Waals surface area contributed by atoms with E-state index < -0.39 is 0 Å². The molecular formula is C16H16N2O3. The van der Waals surface area contributed by atoms with Gasteiger partial charge in [0.05, 0.1) is 12.3 Å². The predicted octanol–water partition coefficient (Wildman–Crippen LogP) is 2.28. The lowest BCUT2D eigenvalue weighted by Crippen LogP contribution is -2.13. The topological polar surface area (TPSA) is 75.4 Å². The molecule has 2 N–H and O–H groups in total. The Morgan fingerprint density at radius 1 is 1.43 bits per heavy atom. The Morgan fingerprint density at radius 2 is 2.24 bits per heavy atom. The molecule has 2 rings (SSSR count). The summed E-state index contributed by atoms with van der Waals surface area (Å²) in [6.07, 6.45) is 1.88. The van der Waals surface area contributed by atoms with Crippen molar-refractivity contribution in [3.63, 3.8) is 0 Å². The molecule has 0 fully saturated rings. The van der Waals surface area contributed by atoms with Crippen LogP contribution in [-0.2, 0) is 0 Å². The Labute approximate surface area is 123 Å². The molecule has 1 amide bonds. The molecule has 1 heterocycles. The van der Waals surface area contributed by atoms with Crippen molar-refractivity contribution in [3.8, 4) is 11.8 Å². The second-order valence-corrected chi connectivity index (χ2v) is 4.55. The minimum atomic E-state index is -0.292. The summed E-state index contributed by atoms with van der Waals surface area (Å²) in [4.78, 5) is 16.3. The molecule has 0 saturated heterocycles. The number of anilines is 1. The van der Waals surface area contributed by atoms with E-state index in [-0.39, 0.29) is 18.5 Å². The molecule has 108 valence electrons. The quantitative estimate of drug-likeness (QED) is 0.848. The number of amides is 1. The van der Waals surface area contributed by atoms with E-state index in [1.165, 1.54) is 6.26 Å². The summed E-state index contributed by atoms with van der Waals surface area (Å²) in [5.74, 6) is 5.44. The van der Waals surface area contributed by atoms with Gasteiger partial charge in [-0.25, -0.2) is 0 Å². The first-order valence-electron chi connectivity index (χ1n) is 6.54. The Bertz CT molecular complexity index is 708. The highest BCUT2D eigenvalue weighted by Gasteiger charge is 2.12. The van der Waals surface area contributed by atoms with Crippen LogP contribution >= 0.6 is 0 Å². The number of rotatable bonds is 3. The summed E-state index contributed by atoms with van der Waals surface area (Å²) in [6, 6.07) is 5.56. The van der Waals surface area contributed by atoms with E-state index in [2.05, 4.69) is 22.1 Å². The van der Waals surface area contributed by atoms with E-state index >= 15 is 0 Å². The smallest absolute Gasteiger partial charge is 0.301 e. The van der Waals surface area contributed by atoms with Crippen molar-refractivity contribution in [2.45, 2.75) is 20.3 Å². The van der Waals surface area contributed by atoms with Gasteiger partial charge in [-0.2, -0.15) is 4.98 Å². The number of benzene rings is 1. The first kappa shape index (κ1) is 14.8. The van der Waals surface area contributed by atoms with Crippen LogP contribution in [0.25, 0.3) is 0 Å². The summed E-state index contributed by atoms with van der Waals surface area (Å²) in [7, 11) is 0. The van der Waals surface area contributed by atoms with Crippen molar-refractivity contribution in [2.24, 2.45) is 0 Å². The van der Waals surface area contributed by atoms with Gasteiger partial charge in [-0.15, -0.1) is 0 Å². The number of hydrogen-bond donors (Lipinski definition) is 2. The number of nitrogens with one attached hydrogen (secondary N) is 1. The highest BCUT2D eigenvalue weighted by Crippen LogP contribution is 2.14. The second-order valence-electron chi connectivity index (χ2n) is 4.55. The monoisotopic (exact) mass is 284 g/mol. The lowest BCUT2D eigenvalue weighted by Gasteiger charge is -2.05. The maximum atomic E-state index is 12.2. The molecule has 0 aliphatic rings. The zero-order valence-electron chi connectivity index (χ0n) is 11.9. The Kier molecular flexibility index (Phi) is 4.75. The number of aliphatic hydroxyl groups excluding tert-OH is 1. The molecule has 0 radical (unpaired) electrons. The Morgan fingerprint density at radius 3 is 2.90 bits per heavy atom. The number of oxazole rings is 1. The highest BCUT2D eigenvalue weighted by atomic mass is 16.4. The fourth-order valence-electron chi connectivity index (χ4n) is 1.74. The van der Waals surface area contributed by atoms with Gasteiger partial charge in [0.15, 0.2) is 0 Å². The molecule has 21 heavy (non-hydrogen) atoms. The number of aryl methyl sites for hydroxylation is 2. The molecule has 0 aliphatic carbocycles. The molecule has 5 nitrogen and oxygen atoms in total. The lowest BCUT2D eigenvalue weighted by molar-refractivity contribution is 0.102. The summed E-state index contributed by atoms with van der Waals surface area (Å²) in [5.41, 5.74) is 2.78. The first-order valence-corrected chi connectivity index (χ1v) is 6.54. The van der Waals surface area contributed by atoms with Gasteiger partial charge in [0.25, 0.3) is 5.91 Å². The number of carbonyl (C=O) groups excluding carboxylic acids is 1. The highest BCUT2D eigenvalue weighted by molar-refractivity contribution is 6.04. The van der Waals surface area contributed by atoms with Gasteiger partial charge in [0.1, 0.15) is 6.26 Å². The minimum Gasteiger partial charge on any atom is -0.432 e. The molecule has 2 aromatic rings. The van der Waals surface area contributed by atoms with E-state index in [9.17, 15) is 4.79 Å². The van der Waals surface area contributed by atoms with Gasteiger partial charge < -0.3 is 9.52 Å². The van der Waals surface area contributed by atoms with Gasteiger partial charge in [-0.1, -0.05) is 17.9 Å². The fourth-order valence-corrected chi connectivity index (χ4v) is 1.74. The van der Waals surface area contributed by atoms with Crippen molar-refractivity contribution in [2.75, 3.05) is 11.9 Å². The van der Waals surface area contributed by atoms with Crippen molar-refractivity contribution in [1.29, 1.82) is 0 Å². The third kappa shape index (κ3) is 3.94. The molecule has 5 heteroatoms. The van der Waals surface area contributed by atoms with Crippen LogP contribution in [0.3, 0.4) is 0 Å². The van der Waals surface area contributed by atoms with Crippen molar-refractivity contribution in [1.82, 2.24) is 4.98 Å². The van der Waals surface area contributed by atoms with Crippen LogP contribution in [0, 0.1) is 25.7 Å². The van der Waals surface area contributed by atoms with Crippen LogP contribution in [0.5, 0.6) is 0 Å². The van der Waals surface area contributed by atoms with Crippen LogP contribution in [0.4, 0.5) is 6.01 Å². The van der Waals surface area contributed by atoms with Gasteiger partial charge in [-0.05, 0) is 31.5 Å². The zero-order chi connectivity index (χ0) is 15.2. The van der Waals surface area contributed by atoms with Gasteiger partial charge in [0, 0.05) is 17.5 Å². The molecule has 0 unspecified atom stereocenters. The van der Waals surface area contributed by atoms with Crippen LogP contribution in [0.15, 0.2) is 28.9 Å². The van der Waals surface area contributed by atoms with Crippen molar-refractivity contribution in [3.05, 3.63) is 46.8 Å². The maximum Gasteiger partial charge on any atom is 0.301 e. The number of aliphatic hydroxyl groups is 1. The Hall–Kier alpha value is -2.58. The molecule has 1 aromatic heterocycles. The van der Waals surface area contributed by atoms with Crippen LogP contribution in [0.2, 0.25) is 0 Å². The van der Waals surface area contributed by atoms with Crippen LogP contribution in [-0.4, -0.2) is 22.6 Å². The standard InChI is InChI=1S/C16H16N2O3/c1-11-6-7-13(5-3-4-8-19)9-14(11)15(20)18-16-17-12(2)10-21-16/h6-7,9-10,19H,4,8H2,1-2H3,(H,17,18,20). The normalized spacial score (nSPS) is 9.86. The van der Waals surface area contributed by atoms with Crippen LogP contribution < -0.4 is 5.32 Å². The van der Waals surface area contributed by atoms with E-state index in [1.54, 1.807) is 13.0 Å². The van der Waals surface area contributed by atoms with Gasteiger partial charge in [-0.3, -0.25) is 10.1 Å². The number of nitrogens with zero attached hydrogens (tertiary/aromatic N) is 1. The third-order valence-corrected chi connectivity index (χ3v) is 2.79. The minimum absolute atomic E-state index is 0.0235. The zero-order valence-corrected chi connectivity index (χ0v) is 11.9. The second kappa shape index (κ2) is 6.73. The molecule has 0 saturated carbocycles.